The van der Waals surface area contributed by atoms with E-state index in [2.05, 4.69) is 4.98 Å². The molecule has 0 bridgehead atoms. The number of hydrogen-bond donors (Lipinski definition) is 0. The van der Waals surface area contributed by atoms with E-state index in [1.807, 2.05) is 24.3 Å². The minimum absolute atomic E-state index is 0.00267. The summed E-state index contributed by atoms with van der Waals surface area (Å²) >= 11 is 0. The lowest BCUT2D eigenvalue weighted by atomic mass is 9.99. The van der Waals surface area contributed by atoms with Gasteiger partial charge in [-0.3, -0.25) is 19.9 Å². The lowest BCUT2D eigenvalue weighted by Gasteiger charge is -2.04. The molecule has 0 saturated carbocycles. The first kappa shape index (κ1) is 17.0. The van der Waals surface area contributed by atoms with E-state index >= 15 is 0 Å². The molecular weight excluding hydrogens is 304 g/mol. The second-order valence-corrected chi connectivity index (χ2v) is 4.98. The fourth-order valence-corrected chi connectivity index (χ4v) is 2.07. The van der Waals surface area contributed by atoms with Crippen LogP contribution in [-0.2, 0) is 0 Å². The molecule has 0 amide bonds. The molecule has 0 aliphatic rings. The molecule has 0 atom stereocenters. The maximum Gasteiger partial charge on any atom is 0.269 e. The Balaban J connectivity index is 0.000000292. The molecule has 0 N–H and O–H groups in total. The summed E-state index contributed by atoms with van der Waals surface area (Å²) < 4.78 is 0. The minimum Gasteiger partial charge on any atom is -0.289 e. The van der Waals surface area contributed by atoms with Crippen molar-refractivity contribution in [2.45, 2.75) is 6.92 Å². The van der Waals surface area contributed by atoms with Crippen LogP contribution in [0.4, 0.5) is 5.69 Å². The first-order chi connectivity index (χ1) is 11.6. The van der Waals surface area contributed by atoms with Crippen molar-refractivity contribution in [2.75, 3.05) is 0 Å². The van der Waals surface area contributed by atoms with Crippen molar-refractivity contribution in [3.8, 4) is 0 Å². The predicted octanol–water partition coefficient (Wildman–Crippen LogP) is 4.22. The molecule has 0 aliphatic heterocycles. The first-order valence-corrected chi connectivity index (χ1v) is 7.29. The molecule has 0 fully saturated rings. The van der Waals surface area contributed by atoms with Crippen LogP contribution in [0.1, 0.15) is 21.5 Å². The Hall–Kier alpha value is -3.34. The highest BCUT2D eigenvalue weighted by atomic mass is 16.6. The van der Waals surface area contributed by atoms with Crippen LogP contribution in [-0.4, -0.2) is 15.7 Å². The molecule has 0 radical (unpaired) electrons. The van der Waals surface area contributed by atoms with Gasteiger partial charge in [-0.05, 0) is 30.7 Å². The molecule has 1 aromatic heterocycles. The number of carbonyl (C=O) groups excluding carboxylic acids is 1. The first-order valence-electron chi connectivity index (χ1n) is 7.29. The third kappa shape index (κ3) is 4.58. The summed E-state index contributed by atoms with van der Waals surface area (Å²) in [7, 11) is 0. The molecule has 2 aromatic carbocycles. The van der Waals surface area contributed by atoms with E-state index in [9.17, 15) is 14.9 Å². The third-order valence-corrected chi connectivity index (χ3v) is 3.27. The zero-order valence-electron chi connectivity index (χ0n) is 13.1. The zero-order chi connectivity index (χ0) is 17.4. The molecule has 24 heavy (non-hydrogen) atoms. The van der Waals surface area contributed by atoms with E-state index in [4.69, 9.17) is 0 Å². The van der Waals surface area contributed by atoms with Gasteiger partial charge in [0.25, 0.3) is 5.69 Å². The molecule has 5 heteroatoms. The molecule has 5 nitrogen and oxygen atoms in total. The molecule has 3 aromatic rings. The average molecular weight is 320 g/mol. The molecule has 0 aliphatic carbocycles. The van der Waals surface area contributed by atoms with Gasteiger partial charge in [-0.25, -0.2) is 0 Å². The van der Waals surface area contributed by atoms with Gasteiger partial charge in [0.15, 0.2) is 5.78 Å². The topological polar surface area (TPSA) is 73.1 Å². The van der Waals surface area contributed by atoms with Crippen molar-refractivity contribution in [1.82, 2.24) is 4.98 Å². The van der Waals surface area contributed by atoms with Gasteiger partial charge in [-0.1, -0.05) is 36.4 Å². The second-order valence-electron chi connectivity index (χ2n) is 4.98. The average Bonchev–Trinajstić information content (AvgIpc) is 2.64. The number of nitro benzene ring substituents is 1. The Morgan fingerprint density at radius 2 is 1.58 bits per heavy atom. The van der Waals surface area contributed by atoms with E-state index in [0.717, 1.165) is 0 Å². The van der Waals surface area contributed by atoms with Crippen molar-refractivity contribution in [1.29, 1.82) is 0 Å². The molecule has 3 rings (SSSR count). The van der Waals surface area contributed by atoms with Crippen LogP contribution in [0.2, 0.25) is 0 Å². The van der Waals surface area contributed by atoms with E-state index in [1.54, 1.807) is 43.6 Å². The number of nitro groups is 1. The van der Waals surface area contributed by atoms with Gasteiger partial charge >= 0.3 is 0 Å². The van der Waals surface area contributed by atoms with Crippen LogP contribution in [0, 0.1) is 17.0 Å². The predicted molar refractivity (Wildman–Crippen MR) is 91.9 cm³/mol. The van der Waals surface area contributed by atoms with Crippen molar-refractivity contribution in [3.05, 3.63) is 106 Å². The number of aromatic nitrogens is 1. The lowest BCUT2D eigenvalue weighted by molar-refractivity contribution is -0.384. The Kier molecular flexibility index (Phi) is 5.91. The summed E-state index contributed by atoms with van der Waals surface area (Å²) in [6, 6.07) is 18.8. The standard InChI is InChI=1S/C14H11NO3.C5H5N/c1-10-9-12(15(17)18)7-8-13(10)14(16)11-5-3-2-4-6-11;1-2-4-6-5-3-1/h2-9H,1H3;1-5H. The Morgan fingerprint density at radius 1 is 0.958 bits per heavy atom. The summed E-state index contributed by atoms with van der Waals surface area (Å²) in [6.45, 7) is 1.70. The Morgan fingerprint density at radius 3 is 2.04 bits per heavy atom. The highest BCUT2D eigenvalue weighted by molar-refractivity contribution is 6.09. The monoisotopic (exact) mass is 320 g/mol. The summed E-state index contributed by atoms with van der Waals surface area (Å²) in [4.78, 5) is 26.1. The largest absolute Gasteiger partial charge is 0.289 e. The van der Waals surface area contributed by atoms with Gasteiger partial charge < -0.3 is 0 Å². The Labute approximate surface area is 139 Å². The summed E-state index contributed by atoms with van der Waals surface area (Å²) in [5, 5.41) is 10.6. The number of non-ortho nitro benzene ring substituents is 1. The SMILES string of the molecule is Cc1cc([N+](=O)[O-])ccc1C(=O)c1ccccc1.c1ccncc1. The van der Waals surface area contributed by atoms with Crippen LogP contribution in [0.5, 0.6) is 0 Å². The molecule has 120 valence electrons. The van der Waals surface area contributed by atoms with Crippen molar-refractivity contribution in [3.63, 3.8) is 0 Å². The zero-order valence-corrected chi connectivity index (χ0v) is 13.1. The van der Waals surface area contributed by atoms with E-state index < -0.39 is 4.92 Å². The number of aryl methyl sites for hydroxylation is 1. The van der Waals surface area contributed by atoms with Crippen molar-refractivity contribution >= 4 is 11.5 Å². The van der Waals surface area contributed by atoms with Crippen LogP contribution in [0.25, 0.3) is 0 Å². The smallest absolute Gasteiger partial charge is 0.269 e. The number of hydrogen-bond acceptors (Lipinski definition) is 4. The van der Waals surface area contributed by atoms with Crippen LogP contribution < -0.4 is 0 Å². The van der Waals surface area contributed by atoms with Gasteiger partial charge in [0, 0.05) is 35.7 Å². The van der Waals surface area contributed by atoms with E-state index in [1.165, 1.54) is 18.2 Å². The summed E-state index contributed by atoms with van der Waals surface area (Å²) in [5.74, 6) is -0.122. The van der Waals surface area contributed by atoms with Crippen LogP contribution in [0.15, 0.2) is 79.1 Å². The minimum atomic E-state index is -0.468. The quantitative estimate of drug-likeness (QED) is 0.411. The molecular formula is C19H16N2O3. The number of rotatable bonds is 3. The maximum absolute atomic E-state index is 12.2. The maximum atomic E-state index is 12.2. The van der Waals surface area contributed by atoms with Crippen molar-refractivity contribution < 1.29 is 9.72 Å². The van der Waals surface area contributed by atoms with Crippen LogP contribution >= 0.6 is 0 Å². The van der Waals surface area contributed by atoms with E-state index in [0.29, 0.717) is 16.7 Å². The van der Waals surface area contributed by atoms with Crippen LogP contribution in [0.3, 0.4) is 0 Å². The molecule has 1 heterocycles. The van der Waals surface area contributed by atoms with Crippen molar-refractivity contribution in [2.24, 2.45) is 0 Å². The highest BCUT2D eigenvalue weighted by Gasteiger charge is 2.14. The number of pyridine rings is 1. The second kappa shape index (κ2) is 8.33. The summed E-state index contributed by atoms with van der Waals surface area (Å²) in [6.07, 6.45) is 3.50. The number of carbonyl (C=O) groups is 1. The number of ketones is 1. The van der Waals surface area contributed by atoms with Gasteiger partial charge in [0.1, 0.15) is 0 Å². The Bertz CT molecular complexity index is 792. The lowest BCUT2D eigenvalue weighted by Crippen LogP contribution is -2.04. The number of nitrogens with zero attached hydrogens (tertiary/aromatic N) is 2. The van der Waals surface area contributed by atoms with Gasteiger partial charge in [-0.2, -0.15) is 0 Å². The highest BCUT2D eigenvalue weighted by Crippen LogP contribution is 2.19. The third-order valence-electron chi connectivity index (χ3n) is 3.27. The molecule has 0 spiro atoms. The normalized spacial score (nSPS) is 9.54. The fraction of sp³-hybridized carbons (Fsp3) is 0.0526. The fourth-order valence-electron chi connectivity index (χ4n) is 2.07. The summed E-state index contributed by atoms with van der Waals surface area (Å²) in [5.41, 5.74) is 1.68. The van der Waals surface area contributed by atoms with E-state index in [-0.39, 0.29) is 11.5 Å². The number of benzene rings is 2. The molecule has 0 saturated heterocycles. The molecule has 0 unspecified atom stereocenters. The van der Waals surface area contributed by atoms with Gasteiger partial charge in [-0.15, -0.1) is 0 Å². The van der Waals surface area contributed by atoms with Gasteiger partial charge in [0.2, 0.25) is 0 Å². The van der Waals surface area contributed by atoms with Gasteiger partial charge in [0.05, 0.1) is 4.92 Å².